The van der Waals surface area contributed by atoms with E-state index in [0.29, 0.717) is 0 Å². The fourth-order valence-corrected chi connectivity index (χ4v) is 1.46. The van der Waals surface area contributed by atoms with E-state index >= 15 is 0 Å². The van der Waals surface area contributed by atoms with Gasteiger partial charge in [-0.05, 0) is 11.1 Å². The molecule has 0 fully saturated rings. The summed E-state index contributed by atoms with van der Waals surface area (Å²) in [5, 5.41) is 8.29. The molecule has 2 heteroatoms. The second-order valence-electron chi connectivity index (χ2n) is 4.55. The van der Waals surface area contributed by atoms with Crippen molar-refractivity contribution in [2.75, 3.05) is 0 Å². The molecule has 2 nitrogen and oxygen atoms in total. The molecule has 0 aromatic heterocycles. The zero-order chi connectivity index (χ0) is 18.8. The van der Waals surface area contributed by atoms with Crippen LogP contribution in [-0.2, 0) is 4.79 Å². The first-order chi connectivity index (χ1) is 12.1. The van der Waals surface area contributed by atoms with Crippen LogP contribution >= 0.6 is 0 Å². The first-order valence-electron chi connectivity index (χ1n) is 7.67. The number of hydrogen-bond acceptors (Lipinski definition) is 1. The Labute approximate surface area is 150 Å². The molecule has 0 unspecified atom stereocenters. The lowest BCUT2D eigenvalue weighted by Crippen LogP contribution is -1.84. The lowest BCUT2D eigenvalue weighted by atomic mass is 10.2. The molecule has 0 heterocycles. The molecule has 1 N–H and O–H groups in total. The van der Waals surface area contributed by atoms with Crippen molar-refractivity contribution in [2.24, 2.45) is 0 Å². The molecule has 2 aromatic rings. The third-order valence-corrected chi connectivity index (χ3v) is 2.64. The normalized spacial score (nSPS) is 9.28. The van der Waals surface area contributed by atoms with Crippen LogP contribution in [0.15, 0.2) is 111 Å². The maximum absolute atomic E-state index is 10.1. The molecular formula is C23H24O2. The van der Waals surface area contributed by atoms with Crippen molar-refractivity contribution in [2.45, 2.75) is 0 Å². The monoisotopic (exact) mass is 332 g/mol. The van der Waals surface area contributed by atoms with E-state index in [1.54, 1.807) is 18.2 Å². The smallest absolute Gasteiger partial charge is 0.328 e. The van der Waals surface area contributed by atoms with Crippen LogP contribution in [0.5, 0.6) is 0 Å². The van der Waals surface area contributed by atoms with Crippen molar-refractivity contribution in [1.82, 2.24) is 0 Å². The average Bonchev–Trinajstić information content (AvgIpc) is 2.67. The maximum Gasteiger partial charge on any atom is 0.328 e. The van der Waals surface area contributed by atoms with E-state index in [1.807, 2.05) is 72.8 Å². The summed E-state index contributed by atoms with van der Waals surface area (Å²) in [4.78, 5) is 10.1. The van der Waals surface area contributed by atoms with E-state index in [1.165, 1.54) is 11.6 Å². The summed E-state index contributed by atoms with van der Waals surface area (Å²) >= 11 is 0. The van der Waals surface area contributed by atoms with E-state index in [0.717, 1.165) is 11.6 Å². The Hall–Kier alpha value is -3.39. The standard InChI is InChI=1S/C11H10O2.C8H8.C4H6/c12-11(13)9-5-4-8-10-6-2-1-3-7-10;1-2-8-6-4-3-5-7-8;1-3-4-2/h1-9H,(H,12,13);2-7H,1H2;3-4H,1-2H2. The minimum atomic E-state index is -0.933. The minimum Gasteiger partial charge on any atom is -0.478 e. The van der Waals surface area contributed by atoms with E-state index < -0.39 is 5.97 Å². The summed E-state index contributed by atoms with van der Waals surface area (Å²) in [6.45, 7) is 10.4. The molecule has 0 saturated heterocycles. The third-order valence-electron chi connectivity index (χ3n) is 2.64. The number of benzene rings is 2. The number of allylic oxidation sites excluding steroid dienone is 4. The van der Waals surface area contributed by atoms with Crippen molar-refractivity contribution in [1.29, 1.82) is 0 Å². The molecule has 0 atom stereocenters. The van der Waals surface area contributed by atoms with Gasteiger partial charge in [0.2, 0.25) is 0 Å². The summed E-state index contributed by atoms with van der Waals surface area (Å²) in [6.07, 6.45) is 11.2. The predicted octanol–water partition coefficient (Wildman–Crippen LogP) is 6.03. The summed E-state index contributed by atoms with van der Waals surface area (Å²) < 4.78 is 0. The molecule has 0 saturated carbocycles. The number of hydrogen-bond donors (Lipinski definition) is 1. The van der Waals surface area contributed by atoms with E-state index in [4.69, 9.17) is 5.11 Å². The van der Waals surface area contributed by atoms with Gasteiger partial charge in [-0.1, -0.05) is 117 Å². The SMILES string of the molecule is C=CC=C.C=Cc1ccccc1.O=C(O)C=CC=Cc1ccccc1. The fourth-order valence-electron chi connectivity index (χ4n) is 1.46. The van der Waals surface area contributed by atoms with E-state index in [-0.39, 0.29) is 0 Å². The number of carbonyl (C=O) groups is 1. The van der Waals surface area contributed by atoms with Crippen LogP contribution in [-0.4, -0.2) is 11.1 Å². The van der Waals surface area contributed by atoms with Crippen molar-refractivity contribution >= 4 is 18.1 Å². The molecule has 0 aliphatic carbocycles. The average molecular weight is 332 g/mol. The molecule has 25 heavy (non-hydrogen) atoms. The molecule has 128 valence electrons. The van der Waals surface area contributed by atoms with Gasteiger partial charge in [0.05, 0.1) is 0 Å². The Balaban J connectivity index is 0.000000407. The van der Waals surface area contributed by atoms with Crippen LogP contribution in [0.1, 0.15) is 11.1 Å². The summed E-state index contributed by atoms with van der Waals surface area (Å²) in [6, 6.07) is 19.7. The largest absolute Gasteiger partial charge is 0.478 e. The van der Waals surface area contributed by atoms with Crippen LogP contribution in [0.3, 0.4) is 0 Å². The minimum absolute atomic E-state index is 0.933. The van der Waals surface area contributed by atoms with Gasteiger partial charge in [-0.15, -0.1) is 0 Å². The summed E-state index contributed by atoms with van der Waals surface area (Å²) in [5.74, 6) is -0.933. The Kier molecular flexibility index (Phi) is 13.4. The molecule has 2 rings (SSSR count). The number of carboxylic acids is 1. The molecule has 2 aromatic carbocycles. The molecule has 0 aliphatic rings. The third kappa shape index (κ3) is 14.0. The Morgan fingerprint density at radius 3 is 1.60 bits per heavy atom. The Morgan fingerprint density at radius 2 is 1.24 bits per heavy atom. The maximum atomic E-state index is 10.1. The summed E-state index contributed by atoms with van der Waals surface area (Å²) in [5.41, 5.74) is 2.23. The lowest BCUT2D eigenvalue weighted by molar-refractivity contribution is -0.131. The topological polar surface area (TPSA) is 37.3 Å². The Morgan fingerprint density at radius 1 is 0.760 bits per heavy atom. The lowest BCUT2D eigenvalue weighted by Gasteiger charge is -1.87. The molecular weight excluding hydrogens is 308 g/mol. The van der Waals surface area contributed by atoms with Gasteiger partial charge in [0.15, 0.2) is 0 Å². The van der Waals surface area contributed by atoms with Gasteiger partial charge in [0.25, 0.3) is 0 Å². The predicted molar refractivity (Wildman–Crippen MR) is 109 cm³/mol. The van der Waals surface area contributed by atoms with Crippen molar-refractivity contribution in [3.8, 4) is 0 Å². The highest BCUT2D eigenvalue weighted by molar-refractivity contribution is 5.80. The highest BCUT2D eigenvalue weighted by Crippen LogP contribution is 2.00. The van der Waals surface area contributed by atoms with Gasteiger partial charge in [0, 0.05) is 6.08 Å². The van der Waals surface area contributed by atoms with Crippen LogP contribution in [0.25, 0.3) is 12.2 Å². The van der Waals surface area contributed by atoms with Crippen LogP contribution in [0.4, 0.5) is 0 Å². The van der Waals surface area contributed by atoms with Crippen molar-refractivity contribution < 1.29 is 9.90 Å². The number of aliphatic carboxylic acids is 1. The molecule has 0 bridgehead atoms. The van der Waals surface area contributed by atoms with Gasteiger partial charge in [-0.2, -0.15) is 0 Å². The van der Waals surface area contributed by atoms with Gasteiger partial charge >= 0.3 is 5.97 Å². The summed E-state index contributed by atoms with van der Waals surface area (Å²) in [7, 11) is 0. The highest BCUT2D eigenvalue weighted by Gasteiger charge is 1.82. The first-order valence-corrected chi connectivity index (χ1v) is 7.67. The highest BCUT2D eigenvalue weighted by atomic mass is 16.4. The van der Waals surface area contributed by atoms with Crippen LogP contribution in [0, 0.1) is 0 Å². The van der Waals surface area contributed by atoms with E-state index in [9.17, 15) is 4.79 Å². The van der Waals surface area contributed by atoms with Gasteiger partial charge in [-0.25, -0.2) is 4.79 Å². The first kappa shape index (κ1) is 21.6. The van der Waals surface area contributed by atoms with Gasteiger partial charge in [-0.3, -0.25) is 0 Å². The zero-order valence-electron chi connectivity index (χ0n) is 14.3. The fraction of sp³-hybridized carbons (Fsp3) is 0. The molecule has 0 amide bonds. The van der Waals surface area contributed by atoms with E-state index in [2.05, 4.69) is 19.7 Å². The number of rotatable bonds is 5. The number of carboxylic acid groups (broad SMARTS) is 1. The van der Waals surface area contributed by atoms with Gasteiger partial charge < -0.3 is 5.11 Å². The van der Waals surface area contributed by atoms with Gasteiger partial charge in [0.1, 0.15) is 0 Å². The zero-order valence-corrected chi connectivity index (χ0v) is 14.3. The van der Waals surface area contributed by atoms with Crippen molar-refractivity contribution in [3.63, 3.8) is 0 Å². The van der Waals surface area contributed by atoms with Crippen LogP contribution < -0.4 is 0 Å². The second-order valence-corrected chi connectivity index (χ2v) is 4.55. The molecule has 0 radical (unpaired) electrons. The quantitative estimate of drug-likeness (QED) is 0.536. The Bertz CT molecular complexity index is 675. The molecule has 0 spiro atoms. The molecule has 0 aliphatic heterocycles. The van der Waals surface area contributed by atoms with Crippen molar-refractivity contribution in [3.05, 3.63) is 122 Å². The van der Waals surface area contributed by atoms with Crippen LogP contribution in [0.2, 0.25) is 0 Å². The second kappa shape index (κ2) is 15.5.